The first-order valence-corrected chi connectivity index (χ1v) is 6.96. The topological polar surface area (TPSA) is 61.4 Å². The smallest absolute Gasteiger partial charge is 0.237 e. The van der Waals surface area contributed by atoms with Crippen LogP contribution in [0.25, 0.3) is 0 Å². The molecule has 1 amide bonds. The molecule has 0 radical (unpaired) electrons. The van der Waals surface area contributed by atoms with E-state index >= 15 is 0 Å². The third kappa shape index (κ3) is 3.42. The highest BCUT2D eigenvalue weighted by atomic mass is 16.3. The van der Waals surface area contributed by atoms with Crippen molar-refractivity contribution in [2.45, 2.75) is 57.0 Å². The molecule has 1 aliphatic carbocycles. The number of nitrogens with one attached hydrogen (secondary N) is 2. The van der Waals surface area contributed by atoms with Crippen molar-refractivity contribution >= 4 is 5.91 Å². The lowest BCUT2D eigenvalue weighted by Crippen LogP contribution is -2.51. The Morgan fingerprint density at radius 1 is 1.18 bits per heavy atom. The summed E-state index contributed by atoms with van der Waals surface area (Å²) in [6.45, 7) is 1.05. The molecular weight excluding hydrogens is 216 g/mol. The maximum Gasteiger partial charge on any atom is 0.237 e. The minimum absolute atomic E-state index is 0.0466. The SMILES string of the molecule is O=C1NCCCCC1NC1CCCCC1CO. The van der Waals surface area contributed by atoms with Crippen LogP contribution < -0.4 is 10.6 Å². The van der Waals surface area contributed by atoms with Crippen LogP contribution >= 0.6 is 0 Å². The molecule has 0 bridgehead atoms. The first-order chi connectivity index (χ1) is 8.31. The van der Waals surface area contributed by atoms with E-state index in [0.29, 0.717) is 12.0 Å². The zero-order chi connectivity index (χ0) is 12.1. The quantitative estimate of drug-likeness (QED) is 0.683. The van der Waals surface area contributed by atoms with Crippen molar-refractivity contribution in [3.05, 3.63) is 0 Å². The fraction of sp³-hybridized carbons (Fsp3) is 0.923. The van der Waals surface area contributed by atoms with Gasteiger partial charge in [0.25, 0.3) is 0 Å². The molecule has 2 rings (SSSR count). The van der Waals surface area contributed by atoms with E-state index in [1.54, 1.807) is 0 Å². The average Bonchev–Trinajstić information content (AvgIpc) is 2.56. The number of hydrogen-bond donors (Lipinski definition) is 3. The monoisotopic (exact) mass is 240 g/mol. The maximum absolute atomic E-state index is 11.8. The third-order valence-electron chi connectivity index (χ3n) is 4.09. The minimum atomic E-state index is -0.0466. The molecule has 0 aromatic rings. The van der Waals surface area contributed by atoms with E-state index < -0.39 is 0 Å². The highest BCUT2D eigenvalue weighted by Crippen LogP contribution is 2.25. The van der Waals surface area contributed by atoms with Crippen LogP contribution in [0, 0.1) is 5.92 Å². The van der Waals surface area contributed by atoms with Crippen molar-refractivity contribution in [1.82, 2.24) is 10.6 Å². The highest BCUT2D eigenvalue weighted by Gasteiger charge is 2.29. The van der Waals surface area contributed by atoms with Gasteiger partial charge >= 0.3 is 0 Å². The fourth-order valence-corrected chi connectivity index (χ4v) is 3.00. The minimum Gasteiger partial charge on any atom is -0.396 e. The molecule has 2 aliphatic rings. The van der Waals surface area contributed by atoms with Gasteiger partial charge in [-0.3, -0.25) is 4.79 Å². The number of carbonyl (C=O) groups excluding carboxylic acids is 1. The van der Waals surface area contributed by atoms with Crippen molar-refractivity contribution in [3.8, 4) is 0 Å². The van der Waals surface area contributed by atoms with Gasteiger partial charge in [0.15, 0.2) is 0 Å². The summed E-state index contributed by atoms with van der Waals surface area (Å²) >= 11 is 0. The number of rotatable bonds is 3. The summed E-state index contributed by atoms with van der Waals surface area (Å²) in [4.78, 5) is 11.8. The van der Waals surface area contributed by atoms with Crippen LogP contribution in [0.5, 0.6) is 0 Å². The van der Waals surface area contributed by atoms with Crippen molar-refractivity contribution in [1.29, 1.82) is 0 Å². The van der Waals surface area contributed by atoms with Gasteiger partial charge in [0.2, 0.25) is 5.91 Å². The Labute approximate surface area is 103 Å². The zero-order valence-electron chi connectivity index (χ0n) is 10.5. The lowest BCUT2D eigenvalue weighted by molar-refractivity contribution is -0.123. The average molecular weight is 240 g/mol. The first kappa shape index (κ1) is 12.8. The molecule has 3 N–H and O–H groups in total. The molecule has 1 saturated heterocycles. The van der Waals surface area contributed by atoms with Crippen molar-refractivity contribution < 1.29 is 9.90 Å². The molecule has 3 unspecified atom stereocenters. The van der Waals surface area contributed by atoms with Gasteiger partial charge in [-0.05, 0) is 38.0 Å². The molecule has 1 saturated carbocycles. The van der Waals surface area contributed by atoms with Gasteiger partial charge in [-0.15, -0.1) is 0 Å². The Balaban J connectivity index is 1.90. The van der Waals surface area contributed by atoms with Crippen molar-refractivity contribution in [2.24, 2.45) is 5.92 Å². The normalized spacial score (nSPS) is 35.1. The van der Waals surface area contributed by atoms with Gasteiger partial charge in [0.1, 0.15) is 0 Å². The predicted octanol–water partition coefficient (Wildman–Crippen LogP) is 0.796. The van der Waals surface area contributed by atoms with Crippen LogP contribution in [0.1, 0.15) is 44.9 Å². The summed E-state index contributed by atoms with van der Waals surface area (Å²) in [5.41, 5.74) is 0. The van der Waals surface area contributed by atoms with Gasteiger partial charge in [0, 0.05) is 19.2 Å². The summed E-state index contributed by atoms with van der Waals surface area (Å²) < 4.78 is 0. The molecule has 3 atom stereocenters. The van der Waals surface area contributed by atoms with Crippen LogP contribution in [-0.4, -0.2) is 36.2 Å². The molecule has 4 heteroatoms. The predicted molar refractivity (Wildman–Crippen MR) is 66.6 cm³/mol. The molecule has 0 aromatic heterocycles. The number of amides is 1. The molecule has 2 fully saturated rings. The summed E-state index contributed by atoms with van der Waals surface area (Å²) in [5, 5.41) is 15.8. The third-order valence-corrected chi connectivity index (χ3v) is 4.09. The van der Waals surface area contributed by atoms with Gasteiger partial charge in [-0.1, -0.05) is 12.8 Å². The van der Waals surface area contributed by atoms with Crippen LogP contribution in [0.3, 0.4) is 0 Å². The molecule has 0 aromatic carbocycles. The van der Waals surface area contributed by atoms with E-state index in [-0.39, 0.29) is 18.6 Å². The second kappa shape index (κ2) is 6.36. The highest BCUT2D eigenvalue weighted by molar-refractivity contribution is 5.81. The van der Waals surface area contributed by atoms with Gasteiger partial charge in [0.05, 0.1) is 6.04 Å². The number of carbonyl (C=O) groups is 1. The number of aliphatic hydroxyl groups excluding tert-OH is 1. The Bertz CT molecular complexity index is 258. The molecule has 1 heterocycles. The molecular formula is C13H24N2O2. The molecule has 98 valence electrons. The standard InChI is InChI=1S/C13H24N2O2/c16-9-10-5-1-2-6-11(10)15-12-7-3-4-8-14-13(12)17/h10-12,15-16H,1-9H2,(H,14,17). The molecule has 1 aliphatic heterocycles. The summed E-state index contributed by atoms with van der Waals surface area (Å²) in [7, 11) is 0. The van der Waals surface area contributed by atoms with E-state index in [9.17, 15) is 9.90 Å². The summed E-state index contributed by atoms with van der Waals surface area (Å²) in [6.07, 6.45) is 7.71. The van der Waals surface area contributed by atoms with E-state index in [1.165, 1.54) is 12.8 Å². The second-order valence-corrected chi connectivity index (χ2v) is 5.34. The molecule has 17 heavy (non-hydrogen) atoms. The maximum atomic E-state index is 11.8. The lowest BCUT2D eigenvalue weighted by Gasteiger charge is -2.33. The van der Waals surface area contributed by atoms with E-state index in [0.717, 1.165) is 38.6 Å². The Kier molecular flexibility index (Phi) is 4.80. The Morgan fingerprint density at radius 2 is 1.94 bits per heavy atom. The molecule has 4 nitrogen and oxygen atoms in total. The Morgan fingerprint density at radius 3 is 2.76 bits per heavy atom. The largest absolute Gasteiger partial charge is 0.396 e. The van der Waals surface area contributed by atoms with E-state index in [2.05, 4.69) is 10.6 Å². The number of hydrogen-bond acceptors (Lipinski definition) is 3. The summed E-state index contributed by atoms with van der Waals surface area (Å²) in [5.74, 6) is 0.476. The fourth-order valence-electron chi connectivity index (χ4n) is 3.00. The second-order valence-electron chi connectivity index (χ2n) is 5.34. The summed E-state index contributed by atoms with van der Waals surface area (Å²) in [6, 6.07) is 0.275. The van der Waals surface area contributed by atoms with Gasteiger partial charge < -0.3 is 15.7 Å². The first-order valence-electron chi connectivity index (χ1n) is 6.96. The van der Waals surface area contributed by atoms with Crippen molar-refractivity contribution in [3.63, 3.8) is 0 Å². The van der Waals surface area contributed by atoms with Crippen LogP contribution in [0.15, 0.2) is 0 Å². The molecule has 0 spiro atoms. The lowest BCUT2D eigenvalue weighted by atomic mass is 9.84. The van der Waals surface area contributed by atoms with E-state index in [1.807, 2.05) is 0 Å². The van der Waals surface area contributed by atoms with Crippen LogP contribution in [-0.2, 0) is 4.79 Å². The van der Waals surface area contributed by atoms with Crippen LogP contribution in [0.2, 0.25) is 0 Å². The number of aliphatic hydroxyl groups is 1. The van der Waals surface area contributed by atoms with Crippen LogP contribution in [0.4, 0.5) is 0 Å². The van der Waals surface area contributed by atoms with Crippen molar-refractivity contribution in [2.75, 3.05) is 13.2 Å². The zero-order valence-corrected chi connectivity index (χ0v) is 10.5. The van der Waals surface area contributed by atoms with E-state index in [4.69, 9.17) is 0 Å². The Hall–Kier alpha value is -0.610. The van der Waals surface area contributed by atoms with Gasteiger partial charge in [-0.2, -0.15) is 0 Å². The van der Waals surface area contributed by atoms with Gasteiger partial charge in [-0.25, -0.2) is 0 Å².